The van der Waals surface area contributed by atoms with Crippen LogP contribution in [0.15, 0.2) is 91.0 Å². The van der Waals surface area contributed by atoms with Gasteiger partial charge < -0.3 is 5.11 Å². The maximum absolute atomic E-state index is 10.1. The highest BCUT2D eigenvalue weighted by Gasteiger charge is 2.21. The van der Waals surface area contributed by atoms with Crippen LogP contribution in [0.5, 0.6) is 5.75 Å². The van der Waals surface area contributed by atoms with Crippen molar-refractivity contribution in [3.8, 4) is 40.4 Å². The molecule has 0 saturated heterocycles. The van der Waals surface area contributed by atoms with Crippen molar-refractivity contribution in [3.63, 3.8) is 0 Å². The van der Waals surface area contributed by atoms with Crippen LogP contribution in [0.4, 0.5) is 0 Å². The Labute approximate surface area is 195 Å². The van der Waals surface area contributed by atoms with E-state index in [4.69, 9.17) is 4.98 Å². The van der Waals surface area contributed by atoms with Gasteiger partial charge in [0.2, 0.25) is 0 Å². The van der Waals surface area contributed by atoms with Crippen LogP contribution in [0.1, 0.15) is 16.8 Å². The number of rotatable bonds is 4. The van der Waals surface area contributed by atoms with E-state index in [2.05, 4.69) is 17.2 Å². The van der Waals surface area contributed by atoms with Gasteiger partial charge in [-0.05, 0) is 29.8 Å². The molecule has 0 aliphatic rings. The van der Waals surface area contributed by atoms with Gasteiger partial charge in [0.25, 0.3) is 0 Å². The highest BCUT2D eigenvalue weighted by atomic mass is 16.3. The first-order chi connectivity index (χ1) is 16.7. The number of phenolic OH excluding ortho intramolecular Hbond substituents is 1. The van der Waals surface area contributed by atoms with Crippen molar-refractivity contribution < 1.29 is 5.11 Å². The van der Waals surface area contributed by atoms with E-state index in [9.17, 15) is 15.6 Å². The van der Waals surface area contributed by atoms with E-state index < -0.39 is 0 Å². The number of nitriles is 2. The Morgan fingerprint density at radius 3 is 2.12 bits per heavy atom. The molecule has 160 valence electrons. The third kappa shape index (κ3) is 3.77. The van der Waals surface area contributed by atoms with Gasteiger partial charge in [0.1, 0.15) is 29.1 Å². The van der Waals surface area contributed by atoms with Crippen molar-refractivity contribution >= 4 is 17.3 Å². The number of phenols is 1. The largest absolute Gasteiger partial charge is 0.508 e. The van der Waals surface area contributed by atoms with Crippen LogP contribution >= 0.6 is 0 Å². The monoisotopic (exact) mass is 439 g/mol. The summed E-state index contributed by atoms with van der Waals surface area (Å²) in [6.45, 7) is 0. The second kappa shape index (κ2) is 8.74. The van der Waals surface area contributed by atoms with Crippen molar-refractivity contribution in [1.82, 2.24) is 14.6 Å². The zero-order valence-corrected chi connectivity index (χ0v) is 17.9. The minimum Gasteiger partial charge on any atom is -0.508 e. The van der Waals surface area contributed by atoms with Crippen molar-refractivity contribution in [1.29, 1.82) is 10.5 Å². The lowest BCUT2D eigenvalue weighted by atomic mass is 10.1. The zero-order chi connectivity index (χ0) is 23.5. The Balaban J connectivity index is 1.79. The molecule has 2 aromatic heterocycles. The van der Waals surface area contributed by atoms with Gasteiger partial charge in [-0.2, -0.15) is 15.6 Å². The van der Waals surface area contributed by atoms with Crippen molar-refractivity contribution in [2.45, 2.75) is 0 Å². The molecule has 0 spiro atoms. The zero-order valence-electron chi connectivity index (χ0n) is 17.9. The van der Waals surface area contributed by atoms with E-state index in [0.29, 0.717) is 16.9 Å². The van der Waals surface area contributed by atoms with E-state index in [1.165, 1.54) is 12.1 Å². The fourth-order valence-corrected chi connectivity index (χ4v) is 3.77. The van der Waals surface area contributed by atoms with Gasteiger partial charge in [-0.1, -0.05) is 72.8 Å². The molecule has 6 nitrogen and oxygen atoms in total. The van der Waals surface area contributed by atoms with Crippen molar-refractivity contribution in [2.24, 2.45) is 0 Å². The number of aromatic hydroxyl groups is 1. The van der Waals surface area contributed by atoms with E-state index >= 15 is 0 Å². The molecule has 0 saturated carbocycles. The Kier molecular flexibility index (Phi) is 5.32. The first-order valence-electron chi connectivity index (χ1n) is 10.5. The van der Waals surface area contributed by atoms with Gasteiger partial charge in [0, 0.05) is 11.1 Å². The highest BCUT2D eigenvalue weighted by Crippen LogP contribution is 2.30. The number of allylic oxidation sites excluding steroid dienone is 1. The molecule has 5 aromatic rings. The maximum Gasteiger partial charge on any atom is 0.174 e. The first kappa shape index (κ1) is 20.7. The Morgan fingerprint density at radius 2 is 1.50 bits per heavy atom. The van der Waals surface area contributed by atoms with Crippen molar-refractivity contribution in [2.75, 3.05) is 0 Å². The summed E-state index contributed by atoms with van der Waals surface area (Å²) in [7, 11) is 0. The maximum atomic E-state index is 10.1. The predicted molar refractivity (Wildman–Crippen MR) is 130 cm³/mol. The fraction of sp³-hybridized carbons (Fsp3) is 0. The van der Waals surface area contributed by atoms with E-state index in [-0.39, 0.29) is 22.6 Å². The lowest BCUT2D eigenvalue weighted by molar-refractivity contribution is 0.475. The highest BCUT2D eigenvalue weighted by molar-refractivity contribution is 5.92. The fourth-order valence-electron chi connectivity index (χ4n) is 3.77. The van der Waals surface area contributed by atoms with Crippen LogP contribution in [-0.4, -0.2) is 19.7 Å². The summed E-state index contributed by atoms with van der Waals surface area (Å²) in [5.41, 5.74) is 5.08. The molecule has 2 heterocycles. The number of hydrogen-bond acceptors (Lipinski definition) is 5. The first-order valence-corrected chi connectivity index (χ1v) is 10.5. The molecule has 3 aromatic carbocycles. The standard InChI is InChI=1S/C28H17N5O/c29-17-22(15-19-11-13-23(34)14-12-19)27-24(18-30)28-31-25(20-7-3-1-4-8-20)16-26(33(28)32-27)21-9-5-2-6-10-21/h1-16,34H. The Morgan fingerprint density at radius 1 is 0.853 bits per heavy atom. The molecule has 0 radical (unpaired) electrons. The van der Waals surface area contributed by atoms with Gasteiger partial charge in [0.15, 0.2) is 5.65 Å². The van der Waals surface area contributed by atoms with Crippen LogP contribution < -0.4 is 0 Å². The number of hydrogen-bond donors (Lipinski definition) is 1. The lowest BCUT2D eigenvalue weighted by Gasteiger charge is -2.08. The van der Waals surface area contributed by atoms with Crippen LogP contribution in [0.2, 0.25) is 0 Å². The molecule has 1 N–H and O–H groups in total. The summed E-state index contributed by atoms with van der Waals surface area (Å²) in [6.07, 6.45) is 1.64. The molecule has 0 aliphatic heterocycles. The quantitative estimate of drug-likeness (QED) is 0.362. The number of aromatic nitrogens is 3. The van der Waals surface area contributed by atoms with E-state index in [1.54, 1.807) is 22.7 Å². The topological polar surface area (TPSA) is 98.0 Å². The van der Waals surface area contributed by atoms with Gasteiger partial charge in [-0.25, -0.2) is 9.50 Å². The second-order valence-electron chi connectivity index (χ2n) is 7.59. The smallest absolute Gasteiger partial charge is 0.174 e. The molecule has 0 fully saturated rings. The van der Waals surface area contributed by atoms with Gasteiger partial charge in [0.05, 0.1) is 17.0 Å². The molecule has 5 rings (SSSR count). The minimum absolute atomic E-state index is 0.131. The van der Waals surface area contributed by atoms with Crippen LogP contribution in [0.3, 0.4) is 0 Å². The molecular formula is C28H17N5O. The number of benzene rings is 3. The van der Waals surface area contributed by atoms with Gasteiger partial charge >= 0.3 is 0 Å². The normalized spacial score (nSPS) is 11.2. The summed E-state index contributed by atoms with van der Waals surface area (Å²) in [5, 5.41) is 34.2. The van der Waals surface area contributed by atoms with E-state index in [1.807, 2.05) is 66.7 Å². The third-order valence-corrected chi connectivity index (χ3v) is 5.42. The number of fused-ring (bicyclic) bond motifs is 1. The summed E-state index contributed by atoms with van der Waals surface area (Å²) in [5.74, 6) is 0.131. The summed E-state index contributed by atoms with van der Waals surface area (Å²) < 4.78 is 1.62. The lowest BCUT2D eigenvalue weighted by Crippen LogP contribution is -1.99. The molecule has 0 atom stereocenters. The minimum atomic E-state index is 0.131. The number of nitrogens with zero attached hydrogens (tertiary/aromatic N) is 5. The summed E-state index contributed by atoms with van der Waals surface area (Å²) >= 11 is 0. The predicted octanol–water partition coefficient (Wildman–Crippen LogP) is 5.70. The average Bonchev–Trinajstić information content (AvgIpc) is 3.27. The molecule has 0 bridgehead atoms. The van der Waals surface area contributed by atoms with Crippen LogP contribution in [0.25, 0.3) is 39.8 Å². The third-order valence-electron chi connectivity index (χ3n) is 5.42. The van der Waals surface area contributed by atoms with Gasteiger partial charge in [-0.3, -0.25) is 0 Å². The van der Waals surface area contributed by atoms with E-state index in [0.717, 1.165) is 16.8 Å². The molecular weight excluding hydrogens is 422 g/mol. The molecule has 0 aliphatic carbocycles. The van der Waals surface area contributed by atoms with Crippen molar-refractivity contribution in [3.05, 3.63) is 108 Å². The summed E-state index contributed by atoms with van der Waals surface area (Å²) in [4.78, 5) is 4.77. The van der Waals surface area contributed by atoms with Crippen LogP contribution in [-0.2, 0) is 0 Å². The second-order valence-corrected chi connectivity index (χ2v) is 7.59. The SMILES string of the molecule is N#CC(=Cc1ccc(O)cc1)c1nn2c(-c3ccccc3)cc(-c3ccccc3)nc2c1C#N. The Bertz CT molecular complexity index is 1600. The Hall–Kier alpha value is -5.20. The molecule has 34 heavy (non-hydrogen) atoms. The average molecular weight is 439 g/mol. The summed E-state index contributed by atoms with van der Waals surface area (Å²) in [6, 6.07) is 32.2. The van der Waals surface area contributed by atoms with Gasteiger partial charge in [-0.15, -0.1) is 0 Å². The molecule has 0 unspecified atom stereocenters. The molecule has 0 amide bonds. The molecule has 6 heteroatoms. The van der Waals surface area contributed by atoms with Crippen LogP contribution in [0, 0.1) is 22.7 Å².